The van der Waals surface area contributed by atoms with E-state index in [1.165, 1.54) is 11.3 Å². The maximum Gasteiger partial charge on any atom is 0.326 e. The Bertz CT molecular complexity index is 1070. The van der Waals surface area contributed by atoms with Crippen LogP contribution >= 0.6 is 11.3 Å². The van der Waals surface area contributed by atoms with Gasteiger partial charge in [-0.3, -0.25) is 9.79 Å². The lowest BCUT2D eigenvalue weighted by Crippen LogP contribution is -2.40. The van der Waals surface area contributed by atoms with Crippen molar-refractivity contribution in [2.75, 3.05) is 6.54 Å². The Morgan fingerprint density at radius 2 is 1.56 bits per heavy atom. The van der Waals surface area contributed by atoms with Gasteiger partial charge in [0.15, 0.2) is 0 Å². The van der Waals surface area contributed by atoms with Gasteiger partial charge in [-0.05, 0) is 36.1 Å². The largest absolute Gasteiger partial charge is 0.480 e. The lowest BCUT2D eigenvalue weighted by Gasteiger charge is -2.17. The first-order valence-electron chi connectivity index (χ1n) is 11.4. The summed E-state index contributed by atoms with van der Waals surface area (Å²) in [5, 5.41) is 12.3. The highest BCUT2D eigenvalue weighted by Crippen LogP contribution is 2.36. The Balaban J connectivity index is 1.72. The number of hydrogen-bond donors (Lipinski definition) is 3. The van der Waals surface area contributed by atoms with E-state index in [0.29, 0.717) is 23.7 Å². The van der Waals surface area contributed by atoms with Gasteiger partial charge in [0, 0.05) is 23.3 Å². The summed E-state index contributed by atoms with van der Waals surface area (Å²) in [6.45, 7) is 4.34. The molecular weight excluding hydrogens is 446 g/mol. The van der Waals surface area contributed by atoms with Gasteiger partial charge in [-0.15, -0.1) is 11.3 Å². The minimum atomic E-state index is -1.06. The van der Waals surface area contributed by atoms with Crippen LogP contribution in [0.3, 0.4) is 0 Å². The van der Waals surface area contributed by atoms with Gasteiger partial charge in [0.2, 0.25) is 0 Å². The molecule has 1 amide bonds. The van der Waals surface area contributed by atoms with E-state index in [1.54, 1.807) is 6.07 Å². The van der Waals surface area contributed by atoms with Gasteiger partial charge in [0.1, 0.15) is 6.04 Å². The van der Waals surface area contributed by atoms with Crippen LogP contribution in [0, 0.1) is 5.92 Å². The van der Waals surface area contributed by atoms with Crippen LogP contribution in [0.1, 0.15) is 58.3 Å². The molecule has 0 spiro atoms. The number of hydrogen-bond acceptors (Lipinski definition) is 4. The number of amides is 1. The number of amidine groups is 1. The number of thiophene rings is 1. The van der Waals surface area contributed by atoms with Gasteiger partial charge in [0.05, 0.1) is 10.7 Å². The average molecular weight is 478 g/mol. The number of aliphatic imine (C=N–C) groups is 1. The third-order valence-electron chi connectivity index (χ3n) is 5.54. The summed E-state index contributed by atoms with van der Waals surface area (Å²) in [7, 11) is 0. The first-order valence-corrected chi connectivity index (χ1v) is 12.2. The molecule has 0 bridgehead atoms. The summed E-state index contributed by atoms with van der Waals surface area (Å²) in [6.07, 6.45) is 0.801. The zero-order valence-electron chi connectivity index (χ0n) is 19.5. The normalized spacial score (nSPS) is 12.6. The number of carboxylic acids is 1. The lowest BCUT2D eigenvalue weighted by atomic mass is 9.90. The Morgan fingerprint density at radius 1 is 0.971 bits per heavy atom. The minimum absolute atomic E-state index is 0.00602. The molecule has 0 saturated carbocycles. The van der Waals surface area contributed by atoms with Crippen LogP contribution in [0.25, 0.3) is 0 Å². The molecule has 0 radical (unpaired) electrons. The maximum atomic E-state index is 12.9. The second kappa shape index (κ2) is 12.1. The number of nitrogens with zero attached hydrogens (tertiary/aromatic N) is 1. The monoisotopic (exact) mass is 477 g/mol. The van der Waals surface area contributed by atoms with E-state index in [9.17, 15) is 14.7 Å². The number of carbonyl (C=O) groups is 2. The highest BCUT2D eigenvalue weighted by atomic mass is 32.1. The highest BCUT2D eigenvalue weighted by Gasteiger charge is 2.23. The van der Waals surface area contributed by atoms with E-state index in [2.05, 4.69) is 34.6 Å². The Labute approximate surface area is 204 Å². The van der Waals surface area contributed by atoms with Crippen molar-refractivity contribution in [1.82, 2.24) is 5.32 Å². The fourth-order valence-electron chi connectivity index (χ4n) is 3.61. The molecule has 3 rings (SSSR count). The molecule has 0 saturated heterocycles. The first kappa shape index (κ1) is 25.2. The van der Waals surface area contributed by atoms with Crippen LogP contribution in [0.4, 0.5) is 0 Å². The van der Waals surface area contributed by atoms with E-state index in [-0.39, 0.29) is 24.2 Å². The van der Waals surface area contributed by atoms with E-state index >= 15 is 0 Å². The summed E-state index contributed by atoms with van der Waals surface area (Å²) in [5.74, 6) is -0.744. The molecule has 0 fully saturated rings. The number of carbonyl (C=O) groups excluding carboxylic acids is 1. The third kappa shape index (κ3) is 6.78. The van der Waals surface area contributed by atoms with Crippen LogP contribution in [0.2, 0.25) is 0 Å². The van der Waals surface area contributed by atoms with E-state index in [0.717, 1.165) is 16.0 Å². The number of aliphatic carboxylic acids is 1. The summed E-state index contributed by atoms with van der Waals surface area (Å²) in [6, 6.07) is 23.0. The molecule has 0 aliphatic carbocycles. The summed E-state index contributed by atoms with van der Waals surface area (Å²) < 4.78 is 0. The van der Waals surface area contributed by atoms with Crippen molar-refractivity contribution in [1.29, 1.82) is 0 Å². The van der Waals surface area contributed by atoms with Gasteiger partial charge < -0.3 is 16.2 Å². The number of benzene rings is 2. The molecule has 7 heteroatoms. The highest BCUT2D eigenvalue weighted by molar-refractivity contribution is 7.14. The molecule has 0 aliphatic heterocycles. The third-order valence-corrected chi connectivity index (χ3v) is 6.69. The predicted molar refractivity (Wildman–Crippen MR) is 138 cm³/mol. The maximum absolute atomic E-state index is 12.9. The van der Waals surface area contributed by atoms with E-state index in [4.69, 9.17) is 5.73 Å². The molecule has 3 aromatic rings. The van der Waals surface area contributed by atoms with Crippen molar-refractivity contribution in [2.24, 2.45) is 16.6 Å². The van der Waals surface area contributed by atoms with Crippen molar-refractivity contribution < 1.29 is 14.7 Å². The zero-order valence-corrected chi connectivity index (χ0v) is 20.3. The summed E-state index contributed by atoms with van der Waals surface area (Å²) in [4.78, 5) is 30.4. The van der Waals surface area contributed by atoms with Crippen molar-refractivity contribution >= 4 is 29.0 Å². The molecule has 4 N–H and O–H groups in total. The topological polar surface area (TPSA) is 105 Å². The summed E-state index contributed by atoms with van der Waals surface area (Å²) >= 11 is 1.38. The molecule has 1 atom stereocenters. The van der Waals surface area contributed by atoms with Crippen LogP contribution in [0.15, 0.2) is 77.8 Å². The average Bonchev–Trinajstić information content (AvgIpc) is 3.32. The van der Waals surface area contributed by atoms with Crippen LogP contribution < -0.4 is 11.1 Å². The smallest absolute Gasteiger partial charge is 0.326 e. The van der Waals surface area contributed by atoms with Gasteiger partial charge in [-0.25, -0.2) is 4.79 Å². The van der Waals surface area contributed by atoms with Gasteiger partial charge in [-0.1, -0.05) is 74.5 Å². The van der Waals surface area contributed by atoms with E-state index in [1.807, 2.05) is 56.3 Å². The Morgan fingerprint density at radius 3 is 2.09 bits per heavy atom. The van der Waals surface area contributed by atoms with Gasteiger partial charge >= 0.3 is 5.97 Å². The number of carboxylic acid groups (broad SMARTS) is 1. The molecule has 6 nitrogen and oxygen atoms in total. The van der Waals surface area contributed by atoms with Gasteiger partial charge in [0.25, 0.3) is 5.91 Å². The van der Waals surface area contributed by atoms with Crippen molar-refractivity contribution in [3.8, 4) is 0 Å². The van der Waals surface area contributed by atoms with Crippen molar-refractivity contribution in [2.45, 2.75) is 38.6 Å². The number of nitrogens with one attached hydrogen (secondary N) is 1. The lowest BCUT2D eigenvalue weighted by molar-refractivity contribution is -0.139. The Hall–Kier alpha value is -3.45. The number of nitrogens with two attached hydrogens (primary N) is 1. The minimum Gasteiger partial charge on any atom is -0.480 e. The molecule has 1 aromatic heterocycles. The standard InChI is InChI=1S/C27H31N3O3S/c1-18(2)25(28)29-17-9-14-21(27(32)33)30-26(31)23-16-15-22(34-23)24(19-10-5-3-6-11-19)20-12-7-4-8-13-20/h3-8,10-13,15-16,18,21,24H,9,14,17H2,1-2H3,(H2,28,29)(H,30,31)(H,32,33). The second-order valence-corrected chi connectivity index (χ2v) is 9.54. The number of rotatable bonds is 11. The molecule has 1 heterocycles. The molecule has 34 heavy (non-hydrogen) atoms. The molecular formula is C27H31N3O3S. The van der Waals surface area contributed by atoms with Crippen LogP contribution in [0.5, 0.6) is 0 Å². The van der Waals surface area contributed by atoms with Crippen molar-refractivity contribution in [3.05, 3.63) is 93.7 Å². The molecule has 178 valence electrons. The Kier molecular flexibility index (Phi) is 8.99. The quantitative estimate of drug-likeness (QED) is 0.207. The SMILES string of the molecule is CC(C)C(N)=NCCCC(NC(=O)c1ccc(C(c2ccccc2)c2ccccc2)s1)C(=O)O. The zero-order chi connectivity index (χ0) is 24.5. The van der Waals surface area contributed by atoms with E-state index < -0.39 is 12.0 Å². The summed E-state index contributed by atoms with van der Waals surface area (Å²) in [5.41, 5.74) is 8.09. The van der Waals surface area contributed by atoms with Crippen LogP contribution in [-0.2, 0) is 4.79 Å². The molecule has 0 aliphatic rings. The fraction of sp³-hybridized carbons (Fsp3) is 0.296. The first-order chi connectivity index (χ1) is 16.4. The molecule has 1 unspecified atom stereocenters. The molecule has 2 aromatic carbocycles. The fourth-order valence-corrected chi connectivity index (χ4v) is 4.68. The second-order valence-electron chi connectivity index (χ2n) is 8.42. The predicted octanol–water partition coefficient (Wildman–Crippen LogP) is 4.90. The van der Waals surface area contributed by atoms with Gasteiger partial charge in [-0.2, -0.15) is 0 Å². The van der Waals surface area contributed by atoms with Crippen molar-refractivity contribution in [3.63, 3.8) is 0 Å². The van der Waals surface area contributed by atoms with Crippen LogP contribution in [-0.4, -0.2) is 35.4 Å².